The number of hydrogen-bond acceptors (Lipinski definition) is 2. The van der Waals surface area contributed by atoms with Crippen molar-refractivity contribution < 1.29 is 0 Å². The van der Waals surface area contributed by atoms with Crippen LogP contribution >= 0.6 is 31.9 Å². The van der Waals surface area contributed by atoms with Crippen LogP contribution in [0.4, 0.5) is 0 Å². The first-order chi connectivity index (χ1) is 6.69. The van der Waals surface area contributed by atoms with Crippen molar-refractivity contribution in [1.29, 1.82) is 10.5 Å². The summed E-state index contributed by atoms with van der Waals surface area (Å²) in [5, 5.41) is 17.1. The maximum atomic E-state index is 8.57. The molecule has 0 N–H and O–H groups in total. The van der Waals surface area contributed by atoms with E-state index in [1.807, 2.05) is 12.1 Å². The lowest BCUT2D eigenvalue weighted by Crippen LogP contribution is -1.90. The molecule has 0 radical (unpaired) electrons. The van der Waals surface area contributed by atoms with E-state index in [-0.39, 0.29) is 0 Å². The summed E-state index contributed by atoms with van der Waals surface area (Å²) < 4.78 is 1.76. The van der Waals surface area contributed by atoms with Gasteiger partial charge in [0, 0.05) is 8.95 Å². The van der Waals surface area contributed by atoms with E-state index in [0.29, 0.717) is 12.8 Å². The van der Waals surface area contributed by atoms with Crippen LogP contribution in [0.3, 0.4) is 0 Å². The number of benzene rings is 1. The predicted molar refractivity (Wildman–Crippen MR) is 60.5 cm³/mol. The zero-order valence-electron chi connectivity index (χ0n) is 7.22. The predicted octanol–water partition coefficient (Wildman–Crippen LogP) is 3.34. The topological polar surface area (TPSA) is 47.6 Å². The molecule has 0 bridgehead atoms. The molecule has 0 fully saturated rings. The zero-order chi connectivity index (χ0) is 10.6. The molecule has 0 aliphatic heterocycles. The SMILES string of the molecule is N#CCc1cc(Br)c(CC#N)cc1Br. The third-order valence-electron chi connectivity index (χ3n) is 1.75. The Balaban J connectivity index is 3.13. The fraction of sp³-hybridized carbons (Fsp3) is 0.200. The largest absolute Gasteiger partial charge is 0.198 e. The molecule has 4 heteroatoms. The molecule has 0 aliphatic rings. The molecular weight excluding hydrogens is 308 g/mol. The molecule has 0 atom stereocenters. The first kappa shape index (κ1) is 11.2. The lowest BCUT2D eigenvalue weighted by atomic mass is 10.1. The average molecular weight is 314 g/mol. The molecule has 0 aromatic heterocycles. The Kier molecular flexibility index (Phi) is 4.13. The minimum atomic E-state index is 0.367. The monoisotopic (exact) mass is 312 g/mol. The third kappa shape index (κ3) is 2.57. The van der Waals surface area contributed by atoms with Crippen molar-refractivity contribution in [3.05, 3.63) is 32.2 Å². The molecular formula is C10H6Br2N2. The standard InChI is InChI=1S/C10H6Br2N2/c11-9-6-8(2-4-14)10(12)5-7(9)1-3-13/h5-6H,1-2H2. The van der Waals surface area contributed by atoms with Crippen molar-refractivity contribution in [3.63, 3.8) is 0 Å². The molecule has 1 aromatic carbocycles. The number of nitrogens with zero attached hydrogens (tertiary/aromatic N) is 2. The lowest BCUT2D eigenvalue weighted by molar-refractivity contribution is 1.18. The highest BCUT2D eigenvalue weighted by molar-refractivity contribution is 9.11. The number of hydrogen-bond donors (Lipinski definition) is 0. The first-order valence-electron chi connectivity index (χ1n) is 3.89. The van der Waals surface area contributed by atoms with E-state index >= 15 is 0 Å². The van der Waals surface area contributed by atoms with Gasteiger partial charge >= 0.3 is 0 Å². The van der Waals surface area contributed by atoms with Crippen molar-refractivity contribution in [2.45, 2.75) is 12.8 Å². The van der Waals surface area contributed by atoms with E-state index in [4.69, 9.17) is 10.5 Å². The molecule has 1 rings (SSSR count). The molecule has 70 valence electrons. The summed E-state index contributed by atoms with van der Waals surface area (Å²) in [6.45, 7) is 0. The summed E-state index contributed by atoms with van der Waals surface area (Å²) in [6, 6.07) is 7.93. The minimum absolute atomic E-state index is 0.367. The van der Waals surface area contributed by atoms with E-state index in [1.165, 1.54) is 0 Å². The van der Waals surface area contributed by atoms with Gasteiger partial charge in [-0.15, -0.1) is 0 Å². The van der Waals surface area contributed by atoms with Gasteiger partial charge in [-0.3, -0.25) is 0 Å². The van der Waals surface area contributed by atoms with Gasteiger partial charge in [0.15, 0.2) is 0 Å². The lowest BCUT2D eigenvalue weighted by Gasteiger charge is -2.05. The van der Waals surface area contributed by atoms with E-state index in [2.05, 4.69) is 44.0 Å². The van der Waals surface area contributed by atoms with Crippen molar-refractivity contribution in [2.75, 3.05) is 0 Å². The number of rotatable bonds is 2. The normalized spacial score (nSPS) is 9.14. The second-order valence-electron chi connectivity index (χ2n) is 2.70. The molecule has 0 saturated heterocycles. The van der Waals surface area contributed by atoms with Crippen LogP contribution in [-0.4, -0.2) is 0 Å². The van der Waals surface area contributed by atoms with Crippen molar-refractivity contribution >= 4 is 31.9 Å². The highest BCUT2D eigenvalue weighted by atomic mass is 79.9. The molecule has 2 nitrogen and oxygen atoms in total. The van der Waals surface area contributed by atoms with Gasteiger partial charge in [0.05, 0.1) is 25.0 Å². The number of nitriles is 2. The summed E-state index contributed by atoms with van der Waals surface area (Å²) in [5.41, 5.74) is 1.86. The summed E-state index contributed by atoms with van der Waals surface area (Å²) in [6.07, 6.45) is 0.734. The molecule has 0 amide bonds. The van der Waals surface area contributed by atoms with E-state index in [0.717, 1.165) is 20.1 Å². The summed E-state index contributed by atoms with van der Waals surface area (Å²) >= 11 is 6.74. The van der Waals surface area contributed by atoms with Crippen molar-refractivity contribution in [2.24, 2.45) is 0 Å². The Morgan fingerprint density at radius 2 is 1.29 bits per heavy atom. The van der Waals surface area contributed by atoms with Crippen LogP contribution in [0.15, 0.2) is 21.1 Å². The Morgan fingerprint density at radius 1 is 0.929 bits per heavy atom. The smallest absolute Gasteiger partial charge is 0.0670 e. The first-order valence-corrected chi connectivity index (χ1v) is 5.48. The van der Waals surface area contributed by atoms with Crippen LogP contribution in [0.25, 0.3) is 0 Å². The van der Waals surface area contributed by atoms with Crippen LogP contribution < -0.4 is 0 Å². The molecule has 0 saturated carbocycles. The quantitative estimate of drug-likeness (QED) is 0.840. The van der Waals surface area contributed by atoms with Crippen molar-refractivity contribution in [1.82, 2.24) is 0 Å². The van der Waals surface area contributed by atoms with Gasteiger partial charge in [0.1, 0.15) is 0 Å². The highest BCUT2D eigenvalue weighted by Gasteiger charge is 2.05. The van der Waals surface area contributed by atoms with Crippen LogP contribution in [0.5, 0.6) is 0 Å². The van der Waals surface area contributed by atoms with Gasteiger partial charge in [0.2, 0.25) is 0 Å². The van der Waals surface area contributed by atoms with Gasteiger partial charge in [-0.25, -0.2) is 0 Å². The minimum Gasteiger partial charge on any atom is -0.198 e. The Hall–Kier alpha value is -0.840. The van der Waals surface area contributed by atoms with E-state index in [1.54, 1.807) is 0 Å². The Labute approximate surface area is 99.4 Å². The van der Waals surface area contributed by atoms with Crippen LogP contribution in [0.1, 0.15) is 11.1 Å². The summed E-state index contributed by atoms with van der Waals surface area (Å²) in [4.78, 5) is 0. The molecule has 1 aromatic rings. The summed E-state index contributed by atoms with van der Waals surface area (Å²) in [5.74, 6) is 0. The number of halogens is 2. The van der Waals surface area contributed by atoms with Crippen LogP contribution in [0.2, 0.25) is 0 Å². The second kappa shape index (κ2) is 5.14. The fourth-order valence-electron chi connectivity index (χ4n) is 1.07. The van der Waals surface area contributed by atoms with E-state index in [9.17, 15) is 0 Å². The maximum Gasteiger partial charge on any atom is 0.0670 e. The van der Waals surface area contributed by atoms with Crippen LogP contribution in [-0.2, 0) is 12.8 Å². The van der Waals surface area contributed by atoms with Crippen LogP contribution in [0, 0.1) is 22.7 Å². The fourth-order valence-corrected chi connectivity index (χ4v) is 2.13. The maximum absolute atomic E-state index is 8.57. The van der Waals surface area contributed by atoms with Gasteiger partial charge in [-0.1, -0.05) is 31.9 Å². The molecule has 0 aliphatic carbocycles. The van der Waals surface area contributed by atoms with Gasteiger partial charge in [-0.2, -0.15) is 10.5 Å². The zero-order valence-corrected chi connectivity index (χ0v) is 10.4. The molecule has 0 heterocycles. The molecule has 0 spiro atoms. The molecule has 14 heavy (non-hydrogen) atoms. The van der Waals surface area contributed by atoms with Gasteiger partial charge in [-0.05, 0) is 23.3 Å². The Morgan fingerprint density at radius 3 is 1.57 bits per heavy atom. The molecule has 0 unspecified atom stereocenters. The van der Waals surface area contributed by atoms with Crippen molar-refractivity contribution in [3.8, 4) is 12.1 Å². The second-order valence-corrected chi connectivity index (χ2v) is 4.41. The van der Waals surface area contributed by atoms with E-state index < -0.39 is 0 Å². The highest BCUT2D eigenvalue weighted by Crippen LogP contribution is 2.26. The third-order valence-corrected chi connectivity index (χ3v) is 3.23. The Bertz CT molecular complexity index is 385. The van der Waals surface area contributed by atoms with Gasteiger partial charge in [0.25, 0.3) is 0 Å². The summed E-state index contributed by atoms with van der Waals surface area (Å²) in [7, 11) is 0. The average Bonchev–Trinajstić information content (AvgIpc) is 2.14. The van der Waals surface area contributed by atoms with Gasteiger partial charge < -0.3 is 0 Å².